The van der Waals surface area contributed by atoms with Gasteiger partial charge in [-0.2, -0.15) is 0 Å². The molecule has 0 radical (unpaired) electrons. The van der Waals surface area contributed by atoms with E-state index in [9.17, 15) is 4.79 Å². The van der Waals surface area contributed by atoms with E-state index in [0.717, 1.165) is 48.9 Å². The fraction of sp³-hybridized carbons (Fsp3) is 0.692. The van der Waals surface area contributed by atoms with Crippen LogP contribution in [0.25, 0.3) is 0 Å². The number of rotatable bonds is 2. The minimum Gasteiger partial charge on any atom is -0.361 e. The Kier molecular flexibility index (Phi) is 3.89. The van der Waals surface area contributed by atoms with Crippen LogP contribution in [-0.4, -0.2) is 29.2 Å². The van der Waals surface area contributed by atoms with Crippen molar-refractivity contribution in [1.82, 2.24) is 15.4 Å². The second-order valence-corrected chi connectivity index (χ2v) is 5.13. The first-order valence-corrected chi connectivity index (χ1v) is 6.52. The van der Waals surface area contributed by atoms with Gasteiger partial charge >= 0.3 is 6.03 Å². The van der Waals surface area contributed by atoms with Crippen molar-refractivity contribution >= 4 is 6.03 Å². The van der Waals surface area contributed by atoms with Gasteiger partial charge in [0.15, 0.2) is 0 Å². The molecule has 18 heavy (non-hydrogen) atoms. The lowest BCUT2D eigenvalue weighted by Crippen LogP contribution is -2.43. The van der Waals surface area contributed by atoms with Gasteiger partial charge in [-0.15, -0.1) is 0 Å². The van der Waals surface area contributed by atoms with E-state index < -0.39 is 0 Å². The van der Waals surface area contributed by atoms with Crippen LogP contribution in [0.3, 0.4) is 0 Å². The number of aromatic nitrogens is 1. The highest BCUT2D eigenvalue weighted by molar-refractivity contribution is 5.74. The summed E-state index contributed by atoms with van der Waals surface area (Å²) < 4.78 is 5.07. The summed E-state index contributed by atoms with van der Waals surface area (Å²) in [6.07, 6.45) is 2.19. The predicted octanol–water partition coefficient (Wildman–Crippen LogP) is 2.23. The van der Waals surface area contributed by atoms with Gasteiger partial charge in [-0.1, -0.05) is 12.1 Å². The average molecular weight is 251 g/mol. The van der Waals surface area contributed by atoms with Crippen molar-refractivity contribution in [2.75, 3.05) is 13.1 Å². The summed E-state index contributed by atoms with van der Waals surface area (Å²) >= 11 is 0. The van der Waals surface area contributed by atoms with Crippen LogP contribution >= 0.6 is 0 Å². The number of hydrogen-bond donors (Lipinski definition) is 1. The molecule has 100 valence electrons. The lowest BCUT2D eigenvalue weighted by atomic mass is 10.00. The SMILES string of the molecule is Cc1noc(C)c1CNC(=O)N1CCC(C)CC1. The third kappa shape index (κ3) is 2.83. The molecule has 5 nitrogen and oxygen atoms in total. The summed E-state index contributed by atoms with van der Waals surface area (Å²) in [7, 11) is 0. The summed E-state index contributed by atoms with van der Waals surface area (Å²) in [5.41, 5.74) is 1.83. The minimum atomic E-state index is 0.0156. The van der Waals surface area contributed by atoms with Gasteiger partial charge in [0.2, 0.25) is 0 Å². The molecular weight excluding hydrogens is 230 g/mol. The minimum absolute atomic E-state index is 0.0156. The van der Waals surface area contributed by atoms with Crippen LogP contribution in [0.2, 0.25) is 0 Å². The molecule has 0 bridgehead atoms. The number of nitrogens with one attached hydrogen (secondary N) is 1. The van der Waals surface area contributed by atoms with Gasteiger partial charge in [0.1, 0.15) is 5.76 Å². The van der Waals surface area contributed by atoms with Crippen molar-refractivity contribution < 1.29 is 9.32 Å². The summed E-state index contributed by atoms with van der Waals surface area (Å²) in [4.78, 5) is 13.9. The van der Waals surface area contributed by atoms with Crippen LogP contribution in [0, 0.1) is 19.8 Å². The van der Waals surface area contributed by atoms with Gasteiger partial charge in [-0.05, 0) is 32.6 Å². The lowest BCUT2D eigenvalue weighted by Gasteiger charge is -2.30. The largest absolute Gasteiger partial charge is 0.361 e. The van der Waals surface area contributed by atoms with Crippen molar-refractivity contribution in [3.63, 3.8) is 0 Å². The summed E-state index contributed by atoms with van der Waals surface area (Å²) in [5.74, 6) is 1.51. The van der Waals surface area contributed by atoms with Crippen LogP contribution in [0.15, 0.2) is 4.52 Å². The maximum Gasteiger partial charge on any atom is 0.317 e. The number of aryl methyl sites for hydroxylation is 2. The monoisotopic (exact) mass is 251 g/mol. The highest BCUT2D eigenvalue weighted by Crippen LogP contribution is 2.16. The zero-order chi connectivity index (χ0) is 13.1. The Labute approximate surface area is 108 Å². The smallest absolute Gasteiger partial charge is 0.317 e. The number of amides is 2. The third-order valence-corrected chi connectivity index (χ3v) is 3.67. The van der Waals surface area contributed by atoms with E-state index in [-0.39, 0.29) is 6.03 Å². The van der Waals surface area contributed by atoms with Gasteiger partial charge in [-0.3, -0.25) is 0 Å². The highest BCUT2D eigenvalue weighted by atomic mass is 16.5. The normalized spacial score (nSPS) is 16.9. The first-order valence-electron chi connectivity index (χ1n) is 6.52. The molecule has 0 aliphatic carbocycles. The van der Waals surface area contributed by atoms with Crippen LogP contribution in [0.5, 0.6) is 0 Å². The zero-order valence-electron chi connectivity index (χ0n) is 11.3. The van der Waals surface area contributed by atoms with Crippen molar-refractivity contribution in [3.05, 3.63) is 17.0 Å². The Bertz CT molecular complexity index is 400. The number of hydrogen-bond acceptors (Lipinski definition) is 3. The number of carbonyl (C=O) groups is 1. The molecule has 1 N–H and O–H groups in total. The van der Waals surface area contributed by atoms with E-state index in [2.05, 4.69) is 17.4 Å². The Balaban J connectivity index is 1.85. The molecule has 2 amide bonds. The van der Waals surface area contributed by atoms with E-state index in [0.29, 0.717) is 6.54 Å². The molecule has 1 aliphatic heterocycles. The molecule has 1 aromatic rings. The summed E-state index contributed by atoms with van der Waals surface area (Å²) in [5, 5.41) is 6.81. The second-order valence-electron chi connectivity index (χ2n) is 5.13. The van der Waals surface area contributed by atoms with E-state index in [1.807, 2.05) is 18.7 Å². The molecule has 0 aromatic carbocycles. The summed E-state index contributed by atoms with van der Waals surface area (Å²) in [6, 6.07) is 0.0156. The molecule has 1 saturated heterocycles. The molecule has 1 fully saturated rings. The van der Waals surface area contributed by atoms with E-state index in [1.54, 1.807) is 0 Å². The maximum absolute atomic E-state index is 12.0. The molecule has 1 aliphatic rings. The first kappa shape index (κ1) is 12.9. The molecule has 0 atom stereocenters. The average Bonchev–Trinajstić information content (AvgIpc) is 2.67. The summed E-state index contributed by atoms with van der Waals surface area (Å²) in [6.45, 7) is 8.19. The van der Waals surface area contributed by atoms with E-state index in [4.69, 9.17) is 4.52 Å². The first-order chi connectivity index (χ1) is 8.58. The molecule has 0 spiro atoms. The van der Waals surface area contributed by atoms with Gasteiger partial charge in [0.25, 0.3) is 0 Å². The van der Waals surface area contributed by atoms with Crippen molar-refractivity contribution in [3.8, 4) is 0 Å². The predicted molar refractivity (Wildman–Crippen MR) is 68.2 cm³/mol. The van der Waals surface area contributed by atoms with E-state index >= 15 is 0 Å². The zero-order valence-corrected chi connectivity index (χ0v) is 11.3. The highest BCUT2D eigenvalue weighted by Gasteiger charge is 2.20. The van der Waals surface area contributed by atoms with Crippen molar-refractivity contribution in [2.24, 2.45) is 5.92 Å². The molecule has 1 aromatic heterocycles. The van der Waals surface area contributed by atoms with Gasteiger partial charge in [0, 0.05) is 25.2 Å². The number of nitrogens with zero attached hydrogens (tertiary/aromatic N) is 2. The van der Waals surface area contributed by atoms with Crippen LogP contribution in [-0.2, 0) is 6.54 Å². The van der Waals surface area contributed by atoms with Crippen molar-refractivity contribution in [2.45, 2.75) is 40.2 Å². The molecule has 0 unspecified atom stereocenters. The van der Waals surface area contributed by atoms with Gasteiger partial charge < -0.3 is 14.7 Å². The Hall–Kier alpha value is -1.52. The molecular formula is C13H21N3O2. The number of likely N-dealkylation sites (tertiary alicyclic amines) is 1. The quantitative estimate of drug-likeness (QED) is 0.877. The molecule has 2 rings (SSSR count). The molecule has 5 heteroatoms. The topological polar surface area (TPSA) is 58.4 Å². The van der Waals surface area contributed by atoms with Crippen LogP contribution < -0.4 is 5.32 Å². The Morgan fingerprint density at radius 2 is 2.11 bits per heavy atom. The standard InChI is InChI=1S/C13H21N3O2/c1-9-4-6-16(7-5-9)13(17)14-8-12-10(2)15-18-11(12)3/h9H,4-8H2,1-3H3,(H,14,17). The number of urea groups is 1. The molecule has 2 heterocycles. The van der Waals surface area contributed by atoms with Crippen LogP contribution in [0.1, 0.15) is 36.8 Å². The lowest BCUT2D eigenvalue weighted by molar-refractivity contribution is 0.173. The van der Waals surface area contributed by atoms with Crippen LogP contribution in [0.4, 0.5) is 4.79 Å². The fourth-order valence-corrected chi connectivity index (χ4v) is 2.24. The number of piperidine rings is 1. The van der Waals surface area contributed by atoms with E-state index in [1.165, 1.54) is 0 Å². The Morgan fingerprint density at radius 3 is 2.67 bits per heavy atom. The van der Waals surface area contributed by atoms with Gasteiger partial charge in [0.05, 0.1) is 5.69 Å². The molecule has 0 saturated carbocycles. The maximum atomic E-state index is 12.0. The number of carbonyl (C=O) groups excluding carboxylic acids is 1. The Morgan fingerprint density at radius 1 is 1.44 bits per heavy atom. The van der Waals surface area contributed by atoms with Crippen molar-refractivity contribution in [1.29, 1.82) is 0 Å². The van der Waals surface area contributed by atoms with Gasteiger partial charge in [-0.25, -0.2) is 4.79 Å². The fourth-order valence-electron chi connectivity index (χ4n) is 2.24. The second kappa shape index (κ2) is 5.42. The third-order valence-electron chi connectivity index (χ3n) is 3.67.